The molecular formula is C25H24F2N4O3. The van der Waals surface area contributed by atoms with Gasteiger partial charge in [-0.15, -0.1) is 0 Å². The van der Waals surface area contributed by atoms with Gasteiger partial charge in [0.15, 0.2) is 17.5 Å². The molecule has 0 amide bonds. The molecule has 3 heterocycles. The Hall–Kier alpha value is -3.72. The molecule has 9 heteroatoms. The zero-order chi connectivity index (χ0) is 23.9. The van der Waals surface area contributed by atoms with Gasteiger partial charge in [0.1, 0.15) is 12.4 Å². The van der Waals surface area contributed by atoms with Crippen molar-refractivity contribution in [2.75, 3.05) is 20.3 Å². The van der Waals surface area contributed by atoms with E-state index in [0.29, 0.717) is 23.7 Å². The molecule has 1 N–H and O–H groups in total. The first-order valence-corrected chi connectivity index (χ1v) is 11.0. The number of amidine groups is 1. The number of aliphatic hydroxyl groups excluding tert-OH is 1. The third-order valence-corrected chi connectivity index (χ3v) is 6.21. The van der Waals surface area contributed by atoms with Gasteiger partial charge in [0.2, 0.25) is 0 Å². The molecule has 1 fully saturated rings. The zero-order valence-electron chi connectivity index (χ0n) is 18.8. The normalized spacial score (nSPS) is 20.8. The molecule has 5 rings (SSSR count). The SMILES string of the molecule is COc1cc(/C=C2\CCCN3C2=NOC3(CO)c2ccc(F)c(F)c2)ccc1-n1cnc(C)c1. The van der Waals surface area contributed by atoms with E-state index in [4.69, 9.17) is 9.57 Å². The van der Waals surface area contributed by atoms with Crippen LogP contribution in [0.15, 0.2) is 59.7 Å². The number of oxime groups is 1. The van der Waals surface area contributed by atoms with Crippen LogP contribution in [0, 0.1) is 18.6 Å². The monoisotopic (exact) mass is 466 g/mol. The van der Waals surface area contributed by atoms with Gasteiger partial charge in [0.25, 0.3) is 5.72 Å². The standard InChI is InChI=1S/C25H24F2N4O3/c1-16-13-30(15-28-16)22-8-5-17(11-23(22)33-2)10-18-4-3-9-31-24(18)29-34-25(31,14-32)19-6-7-20(26)21(27)12-19/h5-8,10-13,15,32H,3-4,9,14H2,1-2H3/b18-10+. The fourth-order valence-electron chi connectivity index (χ4n) is 4.49. The fourth-order valence-corrected chi connectivity index (χ4v) is 4.49. The molecule has 3 aromatic rings. The third-order valence-electron chi connectivity index (χ3n) is 6.21. The first-order chi connectivity index (χ1) is 16.4. The second kappa shape index (κ2) is 8.57. The van der Waals surface area contributed by atoms with Gasteiger partial charge in [-0.05, 0) is 67.3 Å². The Morgan fingerprint density at radius 1 is 1.21 bits per heavy atom. The Balaban J connectivity index is 1.48. The highest BCUT2D eigenvalue weighted by Gasteiger charge is 2.49. The largest absolute Gasteiger partial charge is 0.495 e. The molecule has 1 aromatic heterocycles. The van der Waals surface area contributed by atoms with Gasteiger partial charge in [-0.2, -0.15) is 0 Å². The van der Waals surface area contributed by atoms with Gasteiger partial charge in [-0.25, -0.2) is 13.8 Å². The number of rotatable bonds is 5. The average Bonchev–Trinajstić information content (AvgIpc) is 3.45. The molecule has 0 saturated carbocycles. The molecule has 34 heavy (non-hydrogen) atoms. The number of hydrogen-bond donors (Lipinski definition) is 1. The van der Waals surface area contributed by atoms with Gasteiger partial charge in [-0.1, -0.05) is 11.2 Å². The number of piperidine rings is 1. The Morgan fingerprint density at radius 3 is 2.76 bits per heavy atom. The molecule has 1 atom stereocenters. The smallest absolute Gasteiger partial charge is 0.260 e. The van der Waals surface area contributed by atoms with Crippen LogP contribution in [0.5, 0.6) is 5.75 Å². The molecule has 1 saturated heterocycles. The Kier molecular flexibility index (Phi) is 5.57. The lowest BCUT2D eigenvalue weighted by Crippen LogP contribution is -2.51. The zero-order valence-corrected chi connectivity index (χ0v) is 18.8. The minimum atomic E-state index is -1.40. The number of aryl methyl sites for hydroxylation is 1. The van der Waals surface area contributed by atoms with E-state index in [1.165, 1.54) is 6.07 Å². The van der Waals surface area contributed by atoms with Gasteiger partial charge in [0.05, 0.1) is 24.8 Å². The summed E-state index contributed by atoms with van der Waals surface area (Å²) in [6.07, 6.45) is 7.19. The predicted molar refractivity (Wildman–Crippen MR) is 122 cm³/mol. The summed E-state index contributed by atoms with van der Waals surface area (Å²) < 4.78 is 35.0. The van der Waals surface area contributed by atoms with Crippen molar-refractivity contribution in [3.63, 3.8) is 0 Å². The van der Waals surface area contributed by atoms with E-state index in [2.05, 4.69) is 10.1 Å². The quantitative estimate of drug-likeness (QED) is 0.612. The van der Waals surface area contributed by atoms with Crippen molar-refractivity contribution in [3.8, 4) is 11.4 Å². The summed E-state index contributed by atoms with van der Waals surface area (Å²) in [5.41, 5.74) is 2.50. The van der Waals surface area contributed by atoms with Crippen molar-refractivity contribution in [2.45, 2.75) is 25.5 Å². The second-order valence-electron chi connectivity index (χ2n) is 8.36. The van der Waals surface area contributed by atoms with Crippen LogP contribution >= 0.6 is 0 Å². The van der Waals surface area contributed by atoms with Crippen molar-refractivity contribution < 1.29 is 23.5 Å². The molecule has 0 aliphatic carbocycles. The van der Waals surface area contributed by atoms with Crippen molar-refractivity contribution in [2.24, 2.45) is 5.16 Å². The lowest BCUT2D eigenvalue weighted by Gasteiger charge is -2.38. The van der Waals surface area contributed by atoms with Crippen molar-refractivity contribution in [1.82, 2.24) is 14.5 Å². The van der Waals surface area contributed by atoms with Gasteiger partial charge in [0, 0.05) is 18.3 Å². The summed E-state index contributed by atoms with van der Waals surface area (Å²) in [6.45, 7) is 2.01. The number of imidazole rings is 1. The average molecular weight is 466 g/mol. The molecular weight excluding hydrogens is 442 g/mol. The van der Waals surface area contributed by atoms with Gasteiger partial charge < -0.3 is 24.1 Å². The number of halogens is 2. The number of nitrogens with zero attached hydrogens (tertiary/aromatic N) is 4. The minimum absolute atomic E-state index is 0.301. The lowest BCUT2D eigenvalue weighted by molar-refractivity contribution is -0.137. The van der Waals surface area contributed by atoms with E-state index in [-0.39, 0.29) is 0 Å². The molecule has 2 aromatic carbocycles. The van der Waals surface area contributed by atoms with Crippen LogP contribution in [0.2, 0.25) is 0 Å². The molecule has 1 unspecified atom stereocenters. The molecule has 0 spiro atoms. The van der Waals surface area contributed by atoms with Crippen LogP contribution in [0.1, 0.15) is 29.7 Å². The van der Waals surface area contributed by atoms with Crippen LogP contribution in [0.3, 0.4) is 0 Å². The number of benzene rings is 2. The van der Waals surface area contributed by atoms with E-state index in [0.717, 1.165) is 47.5 Å². The fraction of sp³-hybridized carbons (Fsp3) is 0.280. The van der Waals surface area contributed by atoms with Crippen LogP contribution in [-0.2, 0) is 10.6 Å². The number of ether oxygens (including phenoxy) is 1. The van der Waals surface area contributed by atoms with Gasteiger partial charge in [-0.3, -0.25) is 0 Å². The third kappa shape index (κ3) is 3.62. The first-order valence-electron chi connectivity index (χ1n) is 11.0. The number of fused-ring (bicyclic) bond motifs is 1. The van der Waals surface area contributed by atoms with Crippen LogP contribution in [-0.4, -0.2) is 45.7 Å². The van der Waals surface area contributed by atoms with Gasteiger partial charge >= 0.3 is 0 Å². The van der Waals surface area contributed by atoms with Crippen LogP contribution < -0.4 is 4.74 Å². The molecule has 176 valence electrons. The maximum absolute atomic E-state index is 14.0. The summed E-state index contributed by atoms with van der Waals surface area (Å²) in [7, 11) is 1.62. The van der Waals surface area contributed by atoms with Crippen molar-refractivity contribution >= 4 is 11.9 Å². The number of methoxy groups -OCH3 is 1. The summed E-state index contributed by atoms with van der Waals surface area (Å²) in [4.78, 5) is 11.8. The van der Waals surface area contributed by atoms with Crippen LogP contribution in [0.25, 0.3) is 11.8 Å². The Morgan fingerprint density at radius 2 is 2.06 bits per heavy atom. The first kappa shape index (κ1) is 22.1. The summed E-state index contributed by atoms with van der Waals surface area (Å²) in [6, 6.07) is 9.35. The van der Waals surface area contributed by atoms with E-state index < -0.39 is 24.0 Å². The highest BCUT2D eigenvalue weighted by atomic mass is 19.2. The highest BCUT2D eigenvalue weighted by Crippen LogP contribution is 2.40. The summed E-state index contributed by atoms with van der Waals surface area (Å²) >= 11 is 0. The van der Waals surface area contributed by atoms with E-state index >= 15 is 0 Å². The number of aliphatic hydroxyl groups is 1. The van der Waals surface area contributed by atoms with E-state index in [1.54, 1.807) is 13.4 Å². The van der Waals surface area contributed by atoms with E-state index in [1.807, 2.05) is 46.9 Å². The maximum Gasteiger partial charge on any atom is 0.260 e. The maximum atomic E-state index is 14.0. The van der Waals surface area contributed by atoms with Crippen molar-refractivity contribution in [1.29, 1.82) is 0 Å². The summed E-state index contributed by atoms with van der Waals surface area (Å²) in [5, 5.41) is 14.5. The Labute approximate surface area is 195 Å². The molecule has 2 aliphatic heterocycles. The molecule has 7 nitrogen and oxygen atoms in total. The topological polar surface area (TPSA) is 72.1 Å². The van der Waals surface area contributed by atoms with E-state index in [9.17, 15) is 13.9 Å². The summed E-state index contributed by atoms with van der Waals surface area (Å²) in [5.74, 6) is -0.706. The number of hydrogen-bond acceptors (Lipinski definition) is 6. The Bertz CT molecular complexity index is 1300. The highest BCUT2D eigenvalue weighted by molar-refractivity contribution is 6.03. The molecule has 0 bridgehead atoms. The van der Waals surface area contributed by atoms with Crippen LogP contribution in [0.4, 0.5) is 8.78 Å². The number of aromatic nitrogens is 2. The second-order valence-corrected chi connectivity index (χ2v) is 8.36. The molecule has 0 radical (unpaired) electrons. The van der Waals surface area contributed by atoms with Crippen molar-refractivity contribution in [3.05, 3.63) is 83.0 Å². The lowest BCUT2D eigenvalue weighted by atomic mass is 9.94. The predicted octanol–water partition coefficient (Wildman–Crippen LogP) is 4.14. The molecule has 2 aliphatic rings. The minimum Gasteiger partial charge on any atom is -0.495 e.